The highest BCUT2D eigenvalue weighted by Gasteiger charge is 2.07. The molecule has 0 unspecified atom stereocenters. The molecule has 3 aromatic rings. The zero-order chi connectivity index (χ0) is 10.3. The molecule has 15 heavy (non-hydrogen) atoms. The van der Waals surface area contributed by atoms with E-state index in [0.29, 0.717) is 6.54 Å². The predicted octanol–water partition coefficient (Wildman–Crippen LogP) is 2.21. The van der Waals surface area contributed by atoms with Crippen molar-refractivity contribution in [1.29, 1.82) is 0 Å². The number of aromatic nitrogens is 2. The van der Waals surface area contributed by atoms with E-state index < -0.39 is 0 Å². The number of nitrogens with two attached hydrogens (primary N) is 1. The number of fused-ring (bicyclic) bond motifs is 3. The van der Waals surface area contributed by atoms with Gasteiger partial charge in [-0.15, -0.1) is 11.3 Å². The third-order valence-electron chi connectivity index (χ3n) is 2.45. The maximum absolute atomic E-state index is 5.51. The van der Waals surface area contributed by atoms with Gasteiger partial charge in [0.05, 0.1) is 11.2 Å². The van der Waals surface area contributed by atoms with E-state index in [9.17, 15) is 0 Å². The van der Waals surface area contributed by atoms with E-state index in [4.69, 9.17) is 5.73 Å². The summed E-state index contributed by atoms with van der Waals surface area (Å²) in [6, 6.07) is 8.37. The summed E-state index contributed by atoms with van der Waals surface area (Å²) in [5.41, 5.74) is 6.61. The zero-order valence-electron chi connectivity index (χ0n) is 8.18. The summed E-state index contributed by atoms with van der Waals surface area (Å²) in [6.07, 6.45) is 2.08. The van der Waals surface area contributed by atoms with E-state index >= 15 is 0 Å². The Morgan fingerprint density at radius 1 is 1.27 bits per heavy atom. The lowest BCUT2D eigenvalue weighted by Gasteiger charge is -1.95. The molecule has 0 aliphatic rings. The second-order valence-corrected chi connectivity index (χ2v) is 4.58. The number of rotatable bonds is 2. The molecule has 4 heteroatoms. The standard InChI is InChI=1S/C11H11N3S/c12-5-6-14-7-10-11(13-14)8-3-1-2-4-9(8)15-10/h1-4,7H,5-6,12H2. The highest BCUT2D eigenvalue weighted by Crippen LogP contribution is 2.32. The maximum Gasteiger partial charge on any atom is 0.111 e. The molecule has 0 saturated carbocycles. The second-order valence-electron chi connectivity index (χ2n) is 3.49. The number of thiophene rings is 1. The van der Waals surface area contributed by atoms with Gasteiger partial charge in [-0.05, 0) is 6.07 Å². The summed E-state index contributed by atoms with van der Waals surface area (Å²) in [6.45, 7) is 1.42. The minimum Gasteiger partial charge on any atom is -0.329 e. The molecule has 3 nitrogen and oxygen atoms in total. The Bertz CT molecular complexity index is 608. The van der Waals surface area contributed by atoms with E-state index in [1.807, 2.05) is 4.68 Å². The molecule has 0 radical (unpaired) electrons. The molecule has 3 rings (SSSR count). The minimum atomic E-state index is 0.632. The fourth-order valence-corrected chi connectivity index (χ4v) is 2.86. The fourth-order valence-electron chi connectivity index (χ4n) is 1.78. The van der Waals surface area contributed by atoms with Gasteiger partial charge in [-0.2, -0.15) is 5.10 Å². The lowest BCUT2D eigenvalue weighted by Crippen LogP contribution is -2.09. The molecule has 1 aromatic carbocycles. The summed E-state index contributed by atoms with van der Waals surface area (Å²) in [5.74, 6) is 0. The predicted molar refractivity (Wildman–Crippen MR) is 64.2 cm³/mol. The molecular formula is C11H11N3S. The van der Waals surface area contributed by atoms with Crippen LogP contribution in [0.4, 0.5) is 0 Å². The zero-order valence-corrected chi connectivity index (χ0v) is 9.00. The van der Waals surface area contributed by atoms with Crippen molar-refractivity contribution in [3.63, 3.8) is 0 Å². The Kier molecular flexibility index (Phi) is 1.97. The van der Waals surface area contributed by atoms with Crippen molar-refractivity contribution >= 4 is 31.6 Å². The van der Waals surface area contributed by atoms with Crippen molar-refractivity contribution in [1.82, 2.24) is 9.78 Å². The van der Waals surface area contributed by atoms with Gasteiger partial charge in [0, 0.05) is 22.8 Å². The van der Waals surface area contributed by atoms with E-state index in [1.54, 1.807) is 11.3 Å². The molecule has 0 bridgehead atoms. The number of hydrogen-bond acceptors (Lipinski definition) is 3. The number of nitrogens with zero attached hydrogens (tertiary/aromatic N) is 2. The normalized spacial score (nSPS) is 11.5. The van der Waals surface area contributed by atoms with Crippen molar-refractivity contribution in [2.45, 2.75) is 6.54 Å². The smallest absolute Gasteiger partial charge is 0.111 e. The van der Waals surface area contributed by atoms with Crippen LogP contribution >= 0.6 is 11.3 Å². The van der Waals surface area contributed by atoms with Crippen molar-refractivity contribution in [2.24, 2.45) is 5.73 Å². The van der Waals surface area contributed by atoms with Crippen LogP contribution in [-0.4, -0.2) is 16.3 Å². The quantitative estimate of drug-likeness (QED) is 0.715. The third kappa shape index (κ3) is 1.33. The van der Waals surface area contributed by atoms with Crippen LogP contribution in [-0.2, 0) is 6.54 Å². The van der Waals surface area contributed by atoms with E-state index in [1.165, 1.54) is 14.8 Å². The summed E-state index contributed by atoms with van der Waals surface area (Å²) in [5, 5.41) is 5.78. The van der Waals surface area contributed by atoms with Crippen LogP contribution in [0, 0.1) is 0 Å². The van der Waals surface area contributed by atoms with Gasteiger partial charge in [0.15, 0.2) is 0 Å². The SMILES string of the molecule is NCCn1cc2sc3ccccc3c2n1. The molecule has 76 valence electrons. The monoisotopic (exact) mass is 217 g/mol. The van der Waals surface area contributed by atoms with Crippen LogP contribution in [0.3, 0.4) is 0 Å². The third-order valence-corrected chi connectivity index (χ3v) is 3.54. The Balaban J connectivity index is 2.28. The molecule has 2 heterocycles. The van der Waals surface area contributed by atoms with Crippen LogP contribution in [0.2, 0.25) is 0 Å². The van der Waals surface area contributed by atoms with Gasteiger partial charge < -0.3 is 5.73 Å². The molecule has 0 aliphatic heterocycles. The molecule has 0 amide bonds. The molecule has 0 fully saturated rings. The minimum absolute atomic E-state index is 0.632. The first kappa shape index (κ1) is 8.88. The van der Waals surface area contributed by atoms with Gasteiger partial charge in [0.25, 0.3) is 0 Å². The molecule has 0 spiro atoms. The van der Waals surface area contributed by atoms with Gasteiger partial charge in [-0.3, -0.25) is 4.68 Å². The van der Waals surface area contributed by atoms with E-state index in [-0.39, 0.29) is 0 Å². The first-order valence-corrected chi connectivity index (χ1v) is 5.75. The second kappa shape index (κ2) is 3.32. The van der Waals surface area contributed by atoms with Gasteiger partial charge in [0.2, 0.25) is 0 Å². The van der Waals surface area contributed by atoms with Crippen molar-refractivity contribution in [2.75, 3.05) is 6.54 Å². The van der Waals surface area contributed by atoms with Crippen molar-refractivity contribution in [3.8, 4) is 0 Å². The topological polar surface area (TPSA) is 43.8 Å². The van der Waals surface area contributed by atoms with Crippen LogP contribution in [0.1, 0.15) is 0 Å². The summed E-state index contributed by atoms with van der Waals surface area (Å²) >= 11 is 1.78. The molecule has 0 saturated heterocycles. The Labute approximate surface area is 91.1 Å². The first-order valence-electron chi connectivity index (χ1n) is 4.93. The van der Waals surface area contributed by atoms with Crippen LogP contribution in [0.15, 0.2) is 30.5 Å². The largest absolute Gasteiger partial charge is 0.329 e. The highest BCUT2D eigenvalue weighted by molar-refractivity contribution is 7.25. The lowest BCUT2D eigenvalue weighted by molar-refractivity contribution is 0.632. The Morgan fingerprint density at radius 2 is 2.13 bits per heavy atom. The van der Waals surface area contributed by atoms with Crippen molar-refractivity contribution < 1.29 is 0 Å². The summed E-state index contributed by atoms with van der Waals surface area (Å²) in [7, 11) is 0. The highest BCUT2D eigenvalue weighted by atomic mass is 32.1. The maximum atomic E-state index is 5.51. The average Bonchev–Trinajstić information content (AvgIpc) is 2.75. The number of benzene rings is 1. The first-order chi connectivity index (χ1) is 7.38. The van der Waals surface area contributed by atoms with Crippen LogP contribution < -0.4 is 5.73 Å². The molecule has 0 aliphatic carbocycles. The van der Waals surface area contributed by atoms with Crippen LogP contribution in [0.5, 0.6) is 0 Å². The Hall–Kier alpha value is -1.39. The molecule has 2 aromatic heterocycles. The lowest BCUT2D eigenvalue weighted by atomic mass is 10.2. The summed E-state index contributed by atoms with van der Waals surface area (Å²) in [4.78, 5) is 0. The van der Waals surface area contributed by atoms with Gasteiger partial charge in [-0.1, -0.05) is 18.2 Å². The fraction of sp³-hybridized carbons (Fsp3) is 0.182. The van der Waals surface area contributed by atoms with Crippen LogP contribution in [0.25, 0.3) is 20.3 Å². The molecule has 0 atom stereocenters. The van der Waals surface area contributed by atoms with Gasteiger partial charge in [-0.25, -0.2) is 0 Å². The van der Waals surface area contributed by atoms with E-state index in [0.717, 1.165) is 12.1 Å². The van der Waals surface area contributed by atoms with Gasteiger partial charge in [0.1, 0.15) is 5.52 Å². The van der Waals surface area contributed by atoms with E-state index in [2.05, 4.69) is 35.6 Å². The summed E-state index contributed by atoms with van der Waals surface area (Å²) < 4.78 is 4.47. The van der Waals surface area contributed by atoms with Gasteiger partial charge >= 0.3 is 0 Å². The average molecular weight is 217 g/mol. The Morgan fingerprint density at radius 3 is 3.00 bits per heavy atom. The molecular weight excluding hydrogens is 206 g/mol. The number of hydrogen-bond donors (Lipinski definition) is 1. The molecule has 2 N–H and O–H groups in total. The van der Waals surface area contributed by atoms with Crippen molar-refractivity contribution in [3.05, 3.63) is 30.5 Å².